The van der Waals surface area contributed by atoms with Crippen LogP contribution in [0.4, 0.5) is 5.13 Å². The first-order valence-electron chi connectivity index (χ1n) is 5.92. The lowest BCUT2D eigenvalue weighted by atomic mass is 9.85. The summed E-state index contributed by atoms with van der Waals surface area (Å²) < 4.78 is 0. The zero-order valence-electron chi connectivity index (χ0n) is 10.3. The fourth-order valence-corrected chi connectivity index (χ4v) is 2.93. The van der Waals surface area contributed by atoms with Crippen molar-refractivity contribution in [2.45, 2.75) is 33.1 Å². The second kappa shape index (κ2) is 4.64. The van der Waals surface area contributed by atoms with E-state index in [0.717, 1.165) is 31.1 Å². The monoisotopic (exact) mass is 254 g/mol. The van der Waals surface area contributed by atoms with Crippen molar-refractivity contribution < 1.29 is 9.90 Å². The molecule has 2 rings (SSSR count). The van der Waals surface area contributed by atoms with Crippen LogP contribution in [0, 0.1) is 5.41 Å². The maximum atomic E-state index is 10.8. The van der Waals surface area contributed by atoms with Crippen LogP contribution in [0.25, 0.3) is 0 Å². The first-order chi connectivity index (χ1) is 7.98. The zero-order chi connectivity index (χ0) is 12.5. The molecule has 0 atom stereocenters. The molecule has 0 spiro atoms. The van der Waals surface area contributed by atoms with Gasteiger partial charge in [-0.05, 0) is 24.7 Å². The summed E-state index contributed by atoms with van der Waals surface area (Å²) in [6.45, 7) is 6.54. The van der Waals surface area contributed by atoms with Crippen molar-refractivity contribution in [1.82, 2.24) is 4.98 Å². The summed E-state index contributed by atoms with van der Waals surface area (Å²) in [4.78, 5) is 17.6. The molecule has 0 unspecified atom stereocenters. The van der Waals surface area contributed by atoms with E-state index in [9.17, 15) is 4.79 Å². The largest absolute Gasteiger partial charge is 0.477 e. The maximum absolute atomic E-state index is 10.8. The highest BCUT2D eigenvalue weighted by molar-refractivity contribution is 7.17. The molecule has 1 aromatic heterocycles. The van der Waals surface area contributed by atoms with Crippen molar-refractivity contribution in [3.05, 3.63) is 11.1 Å². The van der Waals surface area contributed by atoms with E-state index in [4.69, 9.17) is 5.11 Å². The number of thiazole rings is 1. The molecule has 1 fully saturated rings. The Labute approximate surface area is 105 Å². The van der Waals surface area contributed by atoms with Gasteiger partial charge < -0.3 is 10.0 Å². The number of hydrogen-bond acceptors (Lipinski definition) is 4. The summed E-state index contributed by atoms with van der Waals surface area (Å²) >= 11 is 1.27. The average molecular weight is 254 g/mol. The van der Waals surface area contributed by atoms with Gasteiger partial charge in [-0.15, -0.1) is 0 Å². The van der Waals surface area contributed by atoms with E-state index in [-0.39, 0.29) is 0 Å². The predicted molar refractivity (Wildman–Crippen MR) is 68.9 cm³/mol. The minimum atomic E-state index is -0.885. The summed E-state index contributed by atoms with van der Waals surface area (Å²) in [5, 5.41) is 9.73. The number of carboxylic acid groups (broad SMARTS) is 1. The number of anilines is 1. The fourth-order valence-electron chi connectivity index (χ4n) is 2.12. The molecule has 0 aromatic carbocycles. The van der Waals surface area contributed by atoms with Crippen molar-refractivity contribution in [2.75, 3.05) is 18.0 Å². The molecule has 0 saturated carbocycles. The van der Waals surface area contributed by atoms with Gasteiger partial charge in [0.15, 0.2) is 5.13 Å². The Bertz CT molecular complexity index is 414. The number of carbonyl (C=O) groups is 1. The molecule has 5 heteroatoms. The number of aromatic nitrogens is 1. The van der Waals surface area contributed by atoms with Gasteiger partial charge in [0.1, 0.15) is 4.88 Å². The van der Waals surface area contributed by atoms with Crippen LogP contribution in [0.3, 0.4) is 0 Å². The topological polar surface area (TPSA) is 53.4 Å². The van der Waals surface area contributed by atoms with Gasteiger partial charge in [0.2, 0.25) is 0 Å². The molecule has 0 aliphatic carbocycles. The van der Waals surface area contributed by atoms with Gasteiger partial charge in [0, 0.05) is 13.1 Å². The molecule has 1 aliphatic heterocycles. The number of rotatable bonds is 2. The summed E-state index contributed by atoms with van der Waals surface area (Å²) in [6, 6.07) is 0. The van der Waals surface area contributed by atoms with Crippen molar-refractivity contribution in [3.8, 4) is 0 Å². The van der Waals surface area contributed by atoms with E-state index in [1.807, 2.05) is 0 Å². The van der Waals surface area contributed by atoms with Crippen molar-refractivity contribution >= 4 is 22.4 Å². The first kappa shape index (κ1) is 12.4. The second-order valence-electron chi connectivity index (χ2n) is 5.32. The SMILES string of the molecule is CC1(C)CCCN(c2ncc(C(=O)O)s2)CC1. The molecule has 4 nitrogen and oxygen atoms in total. The second-order valence-corrected chi connectivity index (χ2v) is 6.33. The van der Waals surface area contributed by atoms with Crippen LogP contribution < -0.4 is 4.90 Å². The van der Waals surface area contributed by atoms with Crippen LogP contribution in [0.2, 0.25) is 0 Å². The van der Waals surface area contributed by atoms with Gasteiger partial charge in [-0.25, -0.2) is 9.78 Å². The number of aromatic carboxylic acids is 1. The third kappa shape index (κ3) is 2.97. The number of hydrogen-bond donors (Lipinski definition) is 1. The minimum absolute atomic E-state index is 0.323. The van der Waals surface area contributed by atoms with E-state index >= 15 is 0 Å². The highest BCUT2D eigenvalue weighted by Gasteiger charge is 2.24. The van der Waals surface area contributed by atoms with Crippen LogP contribution in [0.1, 0.15) is 42.8 Å². The number of nitrogens with zero attached hydrogens (tertiary/aromatic N) is 2. The third-order valence-corrected chi connectivity index (χ3v) is 4.36. The molecule has 1 aliphatic rings. The molecule has 1 aromatic rings. The molecular formula is C12H18N2O2S. The Morgan fingerprint density at radius 3 is 2.88 bits per heavy atom. The van der Waals surface area contributed by atoms with Crippen LogP contribution >= 0.6 is 11.3 Å². The molecule has 94 valence electrons. The molecule has 0 bridgehead atoms. The number of carboxylic acids is 1. The minimum Gasteiger partial charge on any atom is -0.477 e. The molecule has 1 N–H and O–H groups in total. The van der Waals surface area contributed by atoms with Gasteiger partial charge in [-0.3, -0.25) is 0 Å². The summed E-state index contributed by atoms with van der Waals surface area (Å²) in [5.74, 6) is -0.885. The van der Waals surface area contributed by atoms with Crippen LogP contribution in [-0.4, -0.2) is 29.1 Å². The average Bonchev–Trinajstić information content (AvgIpc) is 2.65. The predicted octanol–water partition coefficient (Wildman–Crippen LogP) is 2.86. The quantitative estimate of drug-likeness (QED) is 0.881. The van der Waals surface area contributed by atoms with E-state index in [0.29, 0.717) is 10.3 Å². The van der Waals surface area contributed by atoms with Crippen molar-refractivity contribution in [1.29, 1.82) is 0 Å². The Hall–Kier alpha value is -1.10. The van der Waals surface area contributed by atoms with E-state index < -0.39 is 5.97 Å². The van der Waals surface area contributed by atoms with Gasteiger partial charge in [-0.1, -0.05) is 25.2 Å². The maximum Gasteiger partial charge on any atom is 0.347 e. The summed E-state index contributed by atoms with van der Waals surface area (Å²) in [6.07, 6.45) is 4.96. The summed E-state index contributed by atoms with van der Waals surface area (Å²) in [7, 11) is 0. The van der Waals surface area contributed by atoms with Gasteiger partial charge in [0.25, 0.3) is 0 Å². The van der Waals surface area contributed by atoms with Crippen LogP contribution in [0.15, 0.2) is 6.20 Å². The zero-order valence-corrected chi connectivity index (χ0v) is 11.1. The standard InChI is InChI=1S/C12H18N2O2S/c1-12(2)4-3-6-14(7-5-12)11-13-8-9(17-11)10(15)16/h8H,3-7H2,1-2H3,(H,15,16). The third-order valence-electron chi connectivity index (χ3n) is 3.31. The fraction of sp³-hybridized carbons (Fsp3) is 0.667. The molecular weight excluding hydrogens is 236 g/mol. The van der Waals surface area contributed by atoms with E-state index in [1.54, 1.807) is 0 Å². The Kier molecular flexibility index (Phi) is 3.38. The Balaban J connectivity index is 2.09. The van der Waals surface area contributed by atoms with Crippen molar-refractivity contribution in [3.63, 3.8) is 0 Å². The highest BCUT2D eigenvalue weighted by atomic mass is 32.1. The van der Waals surface area contributed by atoms with Gasteiger partial charge in [-0.2, -0.15) is 0 Å². The van der Waals surface area contributed by atoms with Crippen molar-refractivity contribution in [2.24, 2.45) is 5.41 Å². The highest BCUT2D eigenvalue weighted by Crippen LogP contribution is 2.32. The molecule has 0 amide bonds. The molecule has 1 saturated heterocycles. The lowest BCUT2D eigenvalue weighted by molar-refractivity contribution is 0.0702. The lowest BCUT2D eigenvalue weighted by Crippen LogP contribution is -2.24. The smallest absolute Gasteiger partial charge is 0.347 e. The molecule has 2 heterocycles. The van der Waals surface area contributed by atoms with Gasteiger partial charge >= 0.3 is 5.97 Å². The first-order valence-corrected chi connectivity index (χ1v) is 6.74. The normalized spacial score (nSPS) is 20.0. The van der Waals surface area contributed by atoms with E-state index in [2.05, 4.69) is 23.7 Å². The van der Waals surface area contributed by atoms with Crippen LogP contribution in [-0.2, 0) is 0 Å². The molecule has 0 radical (unpaired) electrons. The lowest BCUT2D eigenvalue weighted by Gasteiger charge is -2.22. The Morgan fingerprint density at radius 1 is 1.47 bits per heavy atom. The Morgan fingerprint density at radius 2 is 2.24 bits per heavy atom. The van der Waals surface area contributed by atoms with E-state index in [1.165, 1.54) is 24.0 Å². The molecule has 17 heavy (non-hydrogen) atoms. The van der Waals surface area contributed by atoms with Gasteiger partial charge in [0.05, 0.1) is 6.20 Å². The summed E-state index contributed by atoms with van der Waals surface area (Å²) in [5.41, 5.74) is 0.391. The van der Waals surface area contributed by atoms with Crippen LogP contribution in [0.5, 0.6) is 0 Å².